The molecular formula is C23H32N3O4+. The minimum atomic E-state index is -0.471. The van der Waals surface area contributed by atoms with Crippen LogP contribution in [0.25, 0.3) is 0 Å². The SMILES string of the molecule is CCOC(=O)c1c(C)[nH]c(C(=O)[C@@H](C)[NH+](C)CC(=O)Nc2cc(C)ccc2C)c1C. The molecule has 0 saturated carbocycles. The highest BCUT2D eigenvalue weighted by molar-refractivity contribution is 6.03. The predicted octanol–water partition coefficient (Wildman–Crippen LogP) is 2.15. The summed E-state index contributed by atoms with van der Waals surface area (Å²) in [5.41, 5.74) is 4.80. The average molecular weight is 415 g/mol. The van der Waals surface area contributed by atoms with Crippen LogP contribution in [0.4, 0.5) is 5.69 Å². The molecule has 2 rings (SSSR count). The number of benzene rings is 1. The number of H-pyrrole nitrogens is 1. The van der Waals surface area contributed by atoms with Gasteiger partial charge in [-0.3, -0.25) is 9.59 Å². The summed E-state index contributed by atoms with van der Waals surface area (Å²) in [6, 6.07) is 5.42. The van der Waals surface area contributed by atoms with Crippen molar-refractivity contribution >= 4 is 23.3 Å². The van der Waals surface area contributed by atoms with Crippen molar-refractivity contribution in [1.82, 2.24) is 4.98 Å². The number of rotatable bonds is 8. The summed E-state index contributed by atoms with van der Waals surface area (Å²) < 4.78 is 5.09. The first-order chi connectivity index (χ1) is 14.1. The van der Waals surface area contributed by atoms with E-state index in [9.17, 15) is 14.4 Å². The van der Waals surface area contributed by atoms with Gasteiger partial charge in [0.1, 0.15) is 0 Å². The van der Waals surface area contributed by atoms with Gasteiger partial charge in [0.15, 0.2) is 12.6 Å². The molecule has 30 heavy (non-hydrogen) atoms. The van der Waals surface area contributed by atoms with Gasteiger partial charge in [-0.1, -0.05) is 12.1 Å². The number of Topliss-reactive ketones (excluding diaryl/α,β-unsaturated/α-hetero) is 1. The fraction of sp³-hybridized carbons (Fsp3) is 0.435. The number of quaternary nitrogens is 1. The van der Waals surface area contributed by atoms with Crippen molar-refractivity contribution in [1.29, 1.82) is 0 Å². The number of aromatic amines is 1. The summed E-state index contributed by atoms with van der Waals surface area (Å²) >= 11 is 0. The fourth-order valence-corrected chi connectivity index (χ4v) is 3.42. The van der Waals surface area contributed by atoms with Crippen molar-refractivity contribution < 1.29 is 24.0 Å². The Kier molecular flexibility index (Phi) is 7.56. The van der Waals surface area contributed by atoms with Gasteiger partial charge in [-0.15, -0.1) is 0 Å². The lowest BCUT2D eigenvalue weighted by molar-refractivity contribution is -0.885. The third kappa shape index (κ3) is 5.16. The monoisotopic (exact) mass is 414 g/mol. The Hall–Kier alpha value is -2.93. The second-order valence-electron chi connectivity index (χ2n) is 7.82. The minimum Gasteiger partial charge on any atom is -0.462 e. The summed E-state index contributed by atoms with van der Waals surface area (Å²) in [6.45, 7) is 11.3. The summed E-state index contributed by atoms with van der Waals surface area (Å²) in [5.74, 6) is -0.750. The van der Waals surface area contributed by atoms with Crippen molar-refractivity contribution in [2.75, 3.05) is 25.5 Å². The molecule has 0 saturated heterocycles. The van der Waals surface area contributed by atoms with Crippen LogP contribution in [-0.2, 0) is 9.53 Å². The molecule has 0 spiro atoms. The summed E-state index contributed by atoms with van der Waals surface area (Å²) in [7, 11) is 1.81. The van der Waals surface area contributed by atoms with Crippen LogP contribution in [0.3, 0.4) is 0 Å². The van der Waals surface area contributed by atoms with E-state index in [0.29, 0.717) is 22.5 Å². The van der Waals surface area contributed by atoms with E-state index in [2.05, 4.69) is 10.3 Å². The lowest BCUT2D eigenvalue weighted by atomic mass is 10.0. The third-order valence-electron chi connectivity index (χ3n) is 5.40. The zero-order valence-electron chi connectivity index (χ0n) is 18.9. The van der Waals surface area contributed by atoms with Gasteiger partial charge in [0.2, 0.25) is 5.78 Å². The molecule has 0 aliphatic heterocycles. The molecule has 7 nitrogen and oxygen atoms in total. The van der Waals surface area contributed by atoms with Gasteiger partial charge in [0.05, 0.1) is 24.9 Å². The Morgan fingerprint density at radius 2 is 1.83 bits per heavy atom. The Balaban J connectivity index is 2.10. The predicted molar refractivity (Wildman–Crippen MR) is 116 cm³/mol. The maximum Gasteiger partial charge on any atom is 0.340 e. The van der Waals surface area contributed by atoms with E-state index in [1.807, 2.05) is 39.1 Å². The largest absolute Gasteiger partial charge is 0.462 e. The van der Waals surface area contributed by atoms with E-state index in [1.54, 1.807) is 27.7 Å². The quantitative estimate of drug-likeness (QED) is 0.456. The average Bonchev–Trinajstić information content (AvgIpc) is 2.97. The molecule has 2 aromatic rings. The molecule has 0 fully saturated rings. The van der Waals surface area contributed by atoms with Crippen LogP contribution in [0.15, 0.2) is 18.2 Å². The van der Waals surface area contributed by atoms with Crippen LogP contribution >= 0.6 is 0 Å². The van der Waals surface area contributed by atoms with E-state index < -0.39 is 12.0 Å². The van der Waals surface area contributed by atoms with E-state index in [0.717, 1.165) is 21.7 Å². The first-order valence-corrected chi connectivity index (χ1v) is 10.2. The molecule has 162 valence electrons. The van der Waals surface area contributed by atoms with E-state index >= 15 is 0 Å². The van der Waals surface area contributed by atoms with Crippen LogP contribution in [0.2, 0.25) is 0 Å². The number of amides is 1. The van der Waals surface area contributed by atoms with Crippen LogP contribution in [0, 0.1) is 27.7 Å². The van der Waals surface area contributed by atoms with Crippen LogP contribution in [0.5, 0.6) is 0 Å². The highest BCUT2D eigenvalue weighted by Crippen LogP contribution is 2.20. The lowest BCUT2D eigenvalue weighted by Crippen LogP contribution is -3.14. The van der Waals surface area contributed by atoms with Gasteiger partial charge in [0.25, 0.3) is 5.91 Å². The highest BCUT2D eigenvalue weighted by Gasteiger charge is 2.30. The number of esters is 1. The van der Waals surface area contributed by atoms with Gasteiger partial charge in [-0.25, -0.2) is 4.79 Å². The Morgan fingerprint density at radius 3 is 2.47 bits per heavy atom. The van der Waals surface area contributed by atoms with E-state index in [4.69, 9.17) is 4.74 Å². The zero-order chi connectivity index (χ0) is 22.6. The minimum absolute atomic E-state index is 0.143. The standard InChI is InChI=1S/C23H31N3O4/c1-8-30-23(29)20-15(4)21(24-16(20)5)22(28)17(6)26(7)12-19(27)25-18-11-13(2)9-10-14(18)3/h9-11,17,24H,8,12H2,1-7H3,(H,25,27)/p+1/t17-/m1/s1. The molecule has 0 radical (unpaired) electrons. The van der Waals surface area contributed by atoms with Gasteiger partial charge in [0, 0.05) is 11.4 Å². The normalized spacial score (nSPS) is 12.9. The number of anilines is 1. The van der Waals surface area contributed by atoms with Crippen LogP contribution in [0.1, 0.15) is 57.1 Å². The third-order valence-corrected chi connectivity index (χ3v) is 5.40. The number of hydrogen-bond acceptors (Lipinski definition) is 4. The number of ether oxygens (including phenoxy) is 1. The molecule has 1 aromatic heterocycles. The topological polar surface area (TPSA) is 92.7 Å². The molecule has 0 bridgehead atoms. The highest BCUT2D eigenvalue weighted by atomic mass is 16.5. The lowest BCUT2D eigenvalue weighted by Gasteiger charge is -2.20. The number of ketones is 1. The first kappa shape index (κ1) is 23.3. The molecular weight excluding hydrogens is 382 g/mol. The Morgan fingerprint density at radius 1 is 1.17 bits per heavy atom. The Bertz CT molecular complexity index is 962. The molecule has 3 N–H and O–H groups in total. The molecule has 7 heteroatoms. The number of carbonyl (C=O) groups is 3. The van der Waals surface area contributed by atoms with Gasteiger partial charge in [-0.2, -0.15) is 0 Å². The number of likely N-dealkylation sites (N-methyl/N-ethyl adjacent to an activating group) is 1. The van der Waals surface area contributed by atoms with E-state index in [1.165, 1.54) is 0 Å². The smallest absolute Gasteiger partial charge is 0.340 e. The van der Waals surface area contributed by atoms with Crippen LogP contribution in [-0.4, -0.2) is 48.9 Å². The van der Waals surface area contributed by atoms with Crippen molar-refractivity contribution in [3.8, 4) is 0 Å². The molecule has 1 unspecified atom stereocenters. The van der Waals surface area contributed by atoms with Gasteiger partial charge < -0.3 is 19.9 Å². The van der Waals surface area contributed by atoms with Gasteiger partial charge >= 0.3 is 5.97 Å². The Labute approximate surface area is 177 Å². The second-order valence-corrected chi connectivity index (χ2v) is 7.82. The maximum absolute atomic E-state index is 13.1. The second kappa shape index (κ2) is 9.71. The van der Waals surface area contributed by atoms with Crippen molar-refractivity contribution in [2.24, 2.45) is 0 Å². The van der Waals surface area contributed by atoms with Crippen molar-refractivity contribution in [3.05, 3.63) is 51.8 Å². The number of aromatic nitrogens is 1. The molecule has 1 amide bonds. The molecule has 1 heterocycles. The summed E-state index contributed by atoms with van der Waals surface area (Å²) in [5, 5.41) is 2.93. The molecule has 1 aromatic carbocycles. The van der Waals surface area contributed by atoms with Crippen molar-refractivity contribution in [2.45, 2.75) is 47.6 Å². The maximum atomic E-state index is 13.1. The molecule has 0 aliphatic rings. The zero-order valence-corrected chi connectivity index (χ0v) is 18.9. The number of hydrogen-bond donors (Lipinski definition) is 3. The number of carbonyl (C=O) groups excluding carboxylic acids is 3. The number of aryl methyl sites for hydroxylation is 3. The molecule has 2 atom stereocenters. The van der Waals surface area contributed by atoms with Crippen molar-refractivity contribution in [3.63, 3.8) is 0 Å². The molecule has 0 aliphatic carbocycles. The fourth-order valence-electron chi connectivity index (χ4n) is 3.42. The van der Waals surface area contributed by atoms with Gasteiger partial charge in [-0.05, 0) is 64.3 Å². The summed E-state index contributed by atoms with van der Waals surface area (Å²) in [6.07, 6.45) is 0. The number of nitrogens with one attached hydrogen (secondary N) is 3. The van der Waals surface area contributed by atoms with Crippen LogP contribution < -0.4 is 10.2 Å². The first-order valence-electron chi connectivity index (χ1n) is 10.2. The summed E-state index contributed by atoms with van der Waals surface area (Å²) in [4.78, 5) is 41.6. The van der Waals surface area contributed by atoms with E-state index in [-0.39, 0.29) is 24.8 Å².